The lowest BCUT2D eigenvalue weighted by Crippen LogP contribution is -2.25. The highest BCUT2D eigenvalue weighted by Crippen LogP contribution is 2.34. The first-order chi connectivity index (χ1) is 8.72. The van der Waals surface area contributed by atoms with Crippen molar-refractivity contribution < 1.29 is 5.11 Å². The predicted octanol–water partition coefficient (Wildman–Crippen LogP) is 3.81. The second kappa shape index (κ2) is 6.53. The summed E-state index contributed by atoms with van der Waals surface area (Å²) in [5.41, 5.74) is 0. The summed E-state index contributed by atoms with van der Waals surface area (Å²) >= 11 is 8.12. The van der Waals surface area contributed by atoms with E-state index in [9.17, 15) is 0 Å². The van der Waals surface area contributed by atoms with E-state index in [4.69, 9.17) is 16.7 Å². The Morgan fingerprint density at radius 2 is 2.17 bits per heavy atom. The van der Waals surface area contributed by atoms with Crippen molar-refractivity contribution in [2.45, 2.75) is 32.4 Å². The predicted molar refractivity (Wildman–Crippen MR) is 79.5 cm³/mol. The minimum absolute atomic E-state index is 0.260. The van der Waals surface area contributed by atoms with Crippen molar-refractivity contribution in [3.05, 3.63) is 34.2 Å². The van der Waals surface area contributed by atoms with Gasteiger partial charge in [0.05, 0.1) is 5.02 Å². The van der Waals surface area contributed by atoms with E-state index in [1.165, 1.54) is 9.58 Å². The molecule has 0 radical (unpaired) electrons. The van der Waals surface area contributed by atoms with E-state index in [0.717, 1.165) is 29.8 Å². The minimum Gasteiger partial charge on any atom is -0.396 e. The van der Waals surface area contributed by atoms with Crippen molar-refractivity contribution in [3.8, 4) is 0 Å². The average Bonchev–Trinajstić information content (AvgIpc) is 2.71. The van der Waals surface area contributed by atoms with Gasteiger partial charge in [-0.2, -0.15) is 0 Å². The first kappa shape index (κ1) is 13.8. The van der Waals surface area contributed by atoms with Crippen LogP contribution in [0.3, 0.4) is 0 Å². The molecular formula is C14H18ClNOS. The number of halogens is 1. The molecule has 1 unspecified atom stereocenters. The van der Waals surface area contributed by atoms with Gasteiger partial charge >= 0.3 is 0 Å². The Hall–Kier alpha value is -0.610. The highest BCUT2D eigenvalue weighted by Gasteiger charge is 2.10. The Morgan fingerprint density at radius 3 is 2.89 bits per heavy atom. The molecule has 0 fully saturated rings. The lowest BCUT2D eigenvalue weighted by atomic mass is 10.2. The number of aliphatic hydroxyl groups excluding tert-OH is 1. The van der Waals surface area contributed by atoms with E-state index in [2.05, 4.69) is 24.4 Å². The van der Waals surface area contributed by atoms with E-state index < -0.39 is 0 Å². The van der Waals surface area contributed by atoms with E-state index in [1.54, 1.807) is 11.3 Å². The monoisotopic (exact) mass is 283 g/mol. The van der Waals surface area contributed by atoms with Gasteiger partial charge < -0.3 is 10.4 Å². The fourth-order valence-corrected chi connectivity index (χ4v) is 3.40. The molecule has 0 aliphatic rings. The number of hydrogen-bond acceptors (Lipinski definition) is 3. The Morgan fingerprint density at radius 1 is 1.39 bits per heavy atom. The maximum absolute atomic E-state index is 8.79. The quantitative estimate of drug-likeness (QED) is 0.845. The average molecular weight is 284 g/mol. The van der Waals surface area contributed by atoms with Gasteiger partial charge in [-0.15, -0.1) is 11.3 Å². The summed E-state index contributed by atoms with van der Waals surface area (Å²) in [6, 6.07) is 8.62. The van der Waals surface area contributed by atoms with Crippen LogP contribution in [-0.2, 0) is 6.54 Å². The van der Waals surface area contributed by atoms with Crippen LogP contribution in [0.5, 0.6) is 0 Å². The van der Waals surface area contributed by atoms with Gasteiger partial charge in [0.1, 0.15) is 0 Å². The van der Waals surface area contributed by atoms with Gasteiger partial charge in [-0.3, -0.25) is 0 Å². The Balaban J connectivity index is 2.01. The number of benzene rings is 1. The molecule has 18 heavy (non-hydrogen) atoms. The summed E-state index contributed by atoms with van der Waals surface area (Å²) < 4.78 is 1.24. The number of fused-ring (bicyclic) bond motifs is 1. The molecule has 0 saturated heterocycles. The first-order valence-corrected chi connectivity index (χ1v) is 7.42. The summed E-state index contributed by atoms with van der Waals surface area (Å²) in [6.07, 6.45) is 1.83. The molecule has 2 nitrogen and oxygen atoms in total. The fourth-order valence-electron chi connectivity index (χ4n) is 1.94. The van der Waals surface area contributed by atoms with Gasteiger partial charge in [-0.25, -0.2) is 0 Å². The van der Waals surface area contributed by atoms with Crippen LogP contribution in [-0.4, -0.2) is 17.8 Å². The summed E-state index contributed by atoms with van der Waals surface area (Å²) in [5.74, 6) is 0. The van der Waals surface area contributed by atoms with Crippen molar-refractivity contribution >= 4 is 33.0 Å². The molecule has 1 aromatic carbocycles. The molecule has 0 amide bonds. The number of aliphatic hydroxyl groups is 1. The third-order valence-electron chi connectivity index (χ3n) is 3.01. The summed E-state index contributed by atoms with van der Waals surface area (Å²) in [5, 5.41) is 14.3. The van der Waals surface area contributed by atoms with Crippen LogP contribution in [0.15, 0.2) is 24.3 Å². The van der Waals surface area contributed by atoms with Gasteiger partial charge in [0.15, 0.2) is 0 Å². The number of hydrogen-bond donors (Lipinski definition) is 2. The zero-order valence-electron chi connectivity index (χ0n) is 10.4. The zero-order valence-corrected chi connectivity index (χ0v) is 12.0. The summed E-state index contributed by atoms with van der Waals surface area (Å²) in [4.78, 5) is 1.19. The lowest BCUT2D eigenvalue weighted by molar-refractivity contribution is 0.276. The Kier molecular flexibility index (Phi) is 5.01. The lowest BCUT2D eigenvalue weighted by Gasteiger charge is -2.12. The van der Waals surface area contributed by atoms with Crippen LogP contribution in [0.25, 0.3) is 10.1 Å². The standard InChI is InChI=1S/C14H18ClNOS/c1-10(5-4-8-17)16-9-13-14(15)11-6-2-3-7-12(11)18-13/h2-3,6-7,10,16-17H,4-5,8-9H2,1H3. The SMILES string of the molecule is CC(CCCO)NCc1sc2ccccc2c1Cl. The molecule has 1 aromatic heterocycles. The third kappa shape index (κ3) is 3.23. The van der Waals surface area contributed by atoms with Crippen LogP contribution < -0.4 is 5.32 Å². The highest BCUT2D eigenvalue weighted by atomic mass is 35.5. The molecule has 0 aliphatic heterocycles. The first-order valence-electron chi connectivity index (χ1n) is 6.22. The maximum Gasteiger partial charge on any atom is 0.0636 e. The Labute approximate surface area is 117 Å². The topological polar surface area (TPSA) is 32.3 Å². The molecule has 0 aliphatic carbocycles. The van der Waals surface area contributed by atoms with Crippen molar-refractivity contribution in [3.63, 3.8) is 0 Å². The van der Waals surface area contributed by atoms with Crippen molar-refractivity contribution in [2.24, 2.45) is 0 Å². The van der Waals surface area contributed by atoms with Crippen LogP contribution in [0.2, 0.25) is 5.02 Å². The molecule has 98 valence electrons. The van der Waals surface area contributed by atoms with Crippen LogP contribution in [0.1, 0.15) is 24.6 Å². The minimum atomic E-state index is 0.260. The molecule has 2 N–H and O–H groups in total. The van der Waals surface area contributed by atoms with Crippen molar-refractivity contribution in [1.82, 2.24) is 5.32 Å². The van der Waals surface area contributed by atoms with Gasteiger partial charge in [0.25, 0.3) is 0 Å². The van der Waals surface area contributed by atoms with Crippen LogP contribution in [0.4, 0.5) is 0 Å². The maximum atomic E-state index is 8.79. The largest absolute Gasteiger partial charge is 0.396 e. The summed E-state index contributed by atoms with van der Waals surface area (Å²) in [6.45, 7) is 3.19. The molecule has 0 spiro atoms. The molecule has 2 aromatic rings. The van der Waals surface area contributed by atoms with Crippen LogP contribution in [0, 0.1) is 0 Å². The highest BCUT2D eigenvalue weighted by molar-refractivity contribution is 7.19. The molecule has 1 heterocycles. The third-order valence-corrected chi connectivity index (χ3v) is 4.72. The van der Waals surface area contributed by atoms with E-state index in [-0.39, 0.29) is 6.61 Å². The Bertz CT molecular complexity index is 511. The summed E-state index contributed by atoms with van der Waals surface area (Å²) in [7, 11) is 0. The van der Waals surface area contributed by atoms with Gasteiger partial charge in [0, 0.05) is 34.2 Å². The molecule has 0 bridgehead atoms. The normalized spacial score (nSPS) is 13.1. The second-order valence-corrected chi connectivity index (χ2v) is 6.00. The van der Waals surface area contributed by atoms with E-state index >= 15 is 0 Å². The van der Waals surface area contributed by atoms with E-state index in [1.807, 2.05) is 12.1 Å². The van der Waals surface area contributed by atoms with Crippen LogP contribution >= 0.6 is 22.9 Å². The van der Waals surface area contributed by atoms with Gasteiger partial charge in [-0.05, 0) is 25.8 Å². The fraction of sp³-hybridized carbons (Fsp3) is 0.429. The molecule has 2 rings (SSSR count). The molecule has 4 heteroatoms. The number of thiophene rings is 1. The van der Waals surface area contributed by atoms with Gasteiger partial charge in [0.2, 0.25) is 0 Å². The number of rotatable bonds is 6. The van der Waals surface area contributed by atoms with Gasteiger partial charge in [-0.1, -0.05) is 29.8 Å². The van der Waals surface area contributed by atoms with E-state index in [0.29, 0.717) is 6.04 Å². The number of nitrogens with one attached hydrogen (secondary N) is 1. The molecular weight excluding hydrogens is 266 g/mol. The van der Waals surface area contributed by atoms with Crippen molar-refractivity contribution in [1.29, 1.82) is 0 Å². The van der Waals surface area contributed by atoms with Crippen molar-refractivity contribution in [2.75, 3.05) is 6.61 Å². The second-order valence-electron chi connectivity index (χ2n) is 4.48. The molecule has 1 atom stereocenters. The zero-order chi connectivity index (χ0) is 13.0. The molecule has 0 saturated carbocycles. The smallest absolute Gasteiger partial charge is 0.0636 e.